The number of hydrogen-bond acceptors (Lipinski definition) is 5. The van der Waals surface area contributed by atoms with Crippen molar-refractivity contribution >= 4 is 44.6 Å². The van der Waals surface area contributed by atoms with Gasteiger partial charge in [-0.15, -0.1) is 17.0 Å². The molecule has 0 aromatic heterocycles. The highest BCUT2D eigenvalue weighted by molar-refractivity contribution is 8.93. The zero-order chi connectivity index (χ0) is 21.8. The fourth-order valence-corrected chi connectivity index (χ4v) is 4.93. The van der Waals surface area contributed by atoms with E-state index in [9.17, 15) is 22.6 Å². The van der Waals surface area contributed by atoms with Gasteiger partial charge in [-0.05, 0) is 49.2 Å². The van der Waals surface area contributed by atoms with Crippen LogP contribution in [0.25, 0.3) is 0 Å². The number of hydrogen-bond donors (Lipinski definition) is 1. The van der Waals surface area contributed by atoms with Crippen molar-refractivity contribution in [3.63, 3.8) is 0 Å². The van der Waals surface area contributed by atoms with Crippen LogP contribution in [-0.4, -0.2) is 48.8 Å². The molecule has 2 aliphatic heterocycles. The van der Waals surface area contributed by atoms with Gasteiger partial charge in [0.05, 0.1) is 16.0 Å². The first-order chi connectivity index (χ1) is 14.0. The second-order valence-corrected chi connectivity index (χ2v) is 9.83. The van der Waals surface area contributed by atoms with Crippen molar-refractivity contribution in [2.75, 3.05) is 18.0 Å². The van der Waals surface area contributed by atoms with Crippen molar-refractivity contribution in [2.45, 2.75) is 43.5 Å². The minimum atomic E-state index is -4.28. The number of benzene rings is 2. The van der Waals surface area contributed by atoms with Gasteiger partial charge in [-0.3, -0.25) is 19.0 Å². The lowest BCUT2D eigenvalue weighted by molar-refractivity contribution is 0.0653. The number of imide groups is 1. The molecule has 0 saturated carbocycles. The van der Waals surface area contributed by atoms with E-state index in [2.05, 4.69) is 11.8 Å². The molecule has 0 bridgehead atoms. The van der Waals surface area contributed by atoms with Gasteiger partial charge in [0.2, 0.25) is 0 Å². The van der Waals surface area contributed by atoms with E-state index in [1.54, 1.807) is 30.3 Å². The van der Waals surface area contributed by atoms with E-state index in [0.717, 1.165) is 11.3 Å². The zero-order valence-corrected chi connectivity index (χ0v) is 20.1. The van der Waals surface area contributed by atoms with Crippen molar-refractivity contribution in [3.8, 4) is 0 Å². The van der Waals surface area contributed by atoms with E-state index < -0.39 is 10.1 Å². The number of nitrogens with zero attached hydrogens (tertiary/aromatic N) is 2. The number of rotatable bonds is 5. The van der Waals surface area contributed by atoms with Crippen LogP contribution in [0.1, 0.15) is 53.5 Å². The molecular formula is C22H25BrN2O5S. The van der Waals surface area contributed by atoms with Gasteiger partial charge in [-0.2, -0.15) is 8.42 Å². The predicted octanol–water partition coefficient (Wildman–Crippen LogP) is 3.68. The number of fused-ring (bicyclic) bond motifs is 2. The number of carbonyl (C=O) groups is 2. The van der Waals surface area contributed by atoms with Gasteiger partial charge in [0.15, 0.2) is 0 Å². The summed E-state index contributed by atoms with van der Waals surface area (Å²) in [6.45, 7) is 7.06. The van der Waals surface area contributed by atoms with Crippen LogP contribution in [-0.2, 0) is 15.5 Å². The molecule has 4 rings (SSSR count). The van der Waals surface area contributed by atoms with Gasteiger partial charge in [-0.1, -0.05) is 26.0 Å². The highest BCUT2D eigenvalue weighted by Crippen LogP contribution is 2.45. The van der Waals surface area contributed by atoms with Crippen LogP contribution in [0.15, 0.2) is 47.4 Å². The molecule has 0 aliphatic carbocycles. The third kappa shape index (κ3) is 3.79. The van der Waals surface area contributed by atoms with Gasteiger partial charge in [0, 0.05) is 30.2 Å². The first-order valence-electron chi connectivity index (χ1n) is 9.87. The molecule has 1 atom stereocenters. The summed E-state index contributed by atoms with van der Waals surface area (Å²) in [4.78, 5) is 28.4. The topological polar surface area (TPSA) is 95.0 Å². The fraction of sp³-hybridized carbons (Fsp3) is 0.364. The molecule has 0 radical (unpaired) electrons. The molecule has 166 valence electrons. The summed E-state index contributed by atoms with van der Waals surface area (Å²) in [5.41, 5.74) is 2.32. The largest absolute Gasteiger partial charge is 0.368 e. The number of carbonyl (C=O) groups excluding carboxylic acids is 2. The van der Waals surface area contributed by atoms with Crippen molar-refractivity contribution in [1.82, 2.24) is 4.90 Å². The van der Waals surface area contributed by atoms with Crippen LogP contribution in [0, 0.1) is 0 Å². The predicted molar refractivity (Wildman–Crippen MR) is 123 cm³/mol. The molecule has 1 unspecified atom stereocenters. The molecular weight excluding hydrogens is 484 g/mol. The Kier molecular flexibility index (Phi) is 6.07. The fourth-order valence-electron chi connectivity index (χ4n) is 4.42. The number of anilines is 1. The van der Waals surface area contributed by atoms with Crippen molar-refractivity contribution < 1.29 is 22.6 Å². The Morgan fingerprint density at radius 3 is 2.13 bits per heavy atom. The first-order valence-corrected chi connectivity index (χ1v) is 11.3. The highest BCUT2D eigenvalue weighted by atomic mass is 79.9. The summed E-state index contributed by atoms with van der Waals surface area (Å²) in [6.07, 6.45) is 0.589. The van der Waals surface area contributed by atoms with Gasteiger partial charge >= 0.3 is 0 Å². The average molecular weight is 509 g/mol. The Morgan fingerprint density at radius 1 is 1.00 bits per heavy atom. The van der Waals surface area contributed by atoms with Gasteiger partial charge in [0.25, 0.3) is 21.9 Å². The normalized spacial score (nSPS) is 19.3. The van der Waals surface area contributed by atoms with Crippen LogP contribution < -0.4 is 4.90 Å². The van der Waals surface area contributed by atoms with E-state index in [1.165, 1.54) is 17.0 Å². The van der Waals surface area contributed by atoms with Crippen molar-refractivity contribution in [3.05, 3.63) is 59.2 Å². The monoisotopic (exact) mass is 508 g/mol. The molecule has 0 spiro atoms. The molecule has 1 N–H and O–H groups in total. The quantitative estimate of drug-likeness (QED) is 0.488. The summed E-state index contributed by atoms with van der Waals surface area (Å²) in [6, 6.07) is 11.6. The summed E-state index contributed by atoms with van der Waals surface area (Å²) < 4.78 is 32.5. The van der Waals surface area contributed by atoms with Gasteiger partial charge < -0.3 is 4.90 Å². The minimum absolute atomic E-state index is 0. The maximum Gasteiger partial charge on any atom is 0.294 e. The van der Waals surface area contributed by atoms with Crippen LogP contribution in [0.5, 0.6) is 0 Å². The molecule has 9 heteroatoms. The molecule has 2 aromatic rings. The smallest absolute Gasteiger partial charge is 0.294 e. The summed E-state index contributed by atoms with van der Waals surface area (Å²) in [5, 5.41) is 0. The van der Waals surface area contributed by atoms with Crippen molar-refractivity contribution in [2.24, 2.45) is 0 Å². The van der Waals surface area contributed by atoms with Crippen LogP contribution in [0.3, 0.4) is 0 Å². The van der Waals surface area contributed by atoms with Crippen molar-refractivity contribution in [1.29, 1.82) is 0 Å². The molecule has 0 fully saturated rings. The van der Waals surface area contributed by atoms with Gasteiger partial charge in [-0.25, -0.2) is 0 Å². The molecule has 2 amide bonds. The van der Waals surface area contributed by atoms with Crippen LogP contribution >= 0.6 is 17.0 Å². The Bertz CT molecular complexity index is 1130. The Hall–Kier alpha value is -2.23. The number of halogens is 1. The molecule has 31 heavy (non-hydrogen) atoms. The maximum atomic E-state index is 12.5. The second-order valence-electron chi connectivity index (χ2n) is 8.41. The lowest BCUT2D eigenvalue weighted by Gasteiger charge is -2.32. The zero-order valence-electron chi connectivity index (χ0n) is 17.5. The summed E-state index contributed by atoms with van der Waals surface area (Å²) in [5.74, 6) is -0.521. The average Bonchev–Trinajstić information content (AvgIpc) is 3.05. The van der Waals surface area contributed by atoms with Gasteiger partial charge in [0.1, 0.15) is 0 Å². The third-order valence-corrected chi connectivity index (χ3v) is 7.29. The maximum absolute atomic E-state index is 12.5. The molecule has 2 aliphatic rings. The minimum Gasteiger partial charge on any atom is -0.368 e. The van der Waals surface area contributed by atoms with E-state index in [-0.39, 0.29) is 45.1 Å². The Morgan fingerprint density at radius 2 is 1.58 bits per heavy atom. The summed E-state index contributed by atoms with van der Waals surface area (Å²) in [7, 11) is -4.28. The van der Waals surface area contributed by atoms with E-state index in [4.69, 9.17) is 0 Å². The lowest BCUT2D eigenvalue weighted by atomic mass is 9.81. The molecule has 2 heterocycles. The lowest BCUT2D eigenvalue weighted by Crippen LogP contribution is -2.40. The van der Waals surface area contributed by atoms with E-state index in [0.29, 0.717) is 30.6 Å². The molecule has 2 aromatic carbocycles. The second kappa shape index (κ2) is 8.03. The SMILES string of the molecule is Br.CC1N(CCCN2C(=O)c3ccccc3C2=O)c2ccc(S(=O)(=O)O)cc2C1(C)C. The molecule has 7 nitrogen and oxygen atoms in total. The van der Waals surface area contributed by atoms with E-state index in [1.807, 2.05) is 13.8 Å². The van der Waals surface area contributed by atoms with E-state index >= 15 is 0 Å². The summed E-state index contributed by atoms with van der Waals surface area (Å²) >= 11 is 0. The Labute approximate surface area is 192 Å². The Balaban J connectivity index is 0.00000272. The standard InChI is InChI=1S/C22H24N2O5S.BrH/c1-14-22(2,3)18-13-15(30(27,28)29)9-10-19(18)23(14)11-6-12-24-20(25)16-7-4-5-8-17(16)21(24)26;/h4-5,7-10,13-14H,6,11-12H2,1-3H3,(H,27,28,29);1H. The highest BCUT2D eigenvalue weighted by Gasteiger charge is 2.42. The van der Waals surface area contributed by atoms with Crippen LogP contribution in [0.2, 0.25) is 0 Å². The molecule has 0 saturated heterocycles. The first kappa shape index (κ1) is 23.4. The number of amides is 2. The van der Waals surface area contributed by atoms with Crippen LogP contribution in [0.4, 0.5) is 5.69 Å². The third-order valence-electron chi connectivity index (χ3n) is 6.44.